The van der Waals surface area contributed by atoms with Crippen LogP contribution in [-0.2, 0) is 0 Å². The van der Waals surface area contributed by atoms with Gasteiger partial charge in [-0.05, 0) is 30.6 Å². The summed E-state index contributed by atoms with van der Waals surface area (Å²) in [6, 6.07) is 0. The third-order valence-corrected chi connectivity index (χ3v) is 2.71. The zero-order valence-corrected chi connectivity index (χ0v) is 8.18. The maximum Gasteiger partial charge on any atom is 0.441 e. The topological polar surface area (TPSA) is 12.0 Å². The molecule has 0 bridgehead atoms. The highest BCUT2D eigenvalue weighted by atomic mass is 32.2. The fraction of sp³-hybridized carbons (Fsp3) is 1.00. The predicted molar refractivity (Wildman–Crippen MR) is 48.7 cm³/mol. The van der Waals surface area contributed by atoms with Crippen LogP contribution in [0.3, 0.4) is 0 Å². The van der Waals surface area contributed by atoms with Gasteiger partial charge in [0.15, 0.2) is 0 Å². The monoisotopic (exact) mass is 213 g/mol. The highest BCUT2D eigenvalue weighted by molar-refractivity contribution is 8.00. The fourth-order valence-electron chi connectivity index (χ4n) is 1.08. The molecule has 1 aliphatic carbocycles. The highest BCUT2D eigenvalue weighted by Gasteiger charge is 2.27. The van der Waals surface area contributed by atoms with Gasteiger partial charge in [0.25, 0.3) is 0 Å². The third-order valence-electron chi connectivity index (χ3n) is 1.97. The lowest BCUT2D eigenvalue weighted by molar-refractivity contribution is -0.0327. The Morgan fingerprint density at radius 2 is 1.92 bits per heavy atom. The molecule has 0 aromatic carbocycles. The lowest BCUT2D eigenvalue weighted by Gasteiger charge is -2.06. The van der Waals surface area contributed by atoms with Gasteiger partial charge >= 0.3 is 5.51 Å². The van der Waals surface area contributed by atoms with Crippen LogP contribution in [0.5, 0.6) is 0 Å². The molecule has 1 aliphatic rings. The zero-order chi connectivity index (χ0) is 9.73. The molecular weight excluding hydrogens is 199 g/mol. The molecule has 1 N–H and O–H groups in total. The molecule has 1 fully saturated rings. The van der Waals surface area contributed by atoms with Crippen LogP contribution in [0.15, 0.2) is 0 Å². The summed E-state index contributed by atoms with van der Waals surface area (Å²) >= 11 is 0.0455. The largest absolute Gasteiger partial charge is 0.441 e. The van der Waals surface area contributed by atoms with Crippen LogP contribution < -0.4 is 5.32 Å². The summed E-state index contributed by atoms with van der Waals surface area (Å²) in [5.41, 5.74) is -4.07. The molecule has 0 aliphatic heterocycles. The molecule has 0 heterocycles. The molecule has 0 spiro atoms. The number of halogens is 3. The van der Waals surface area contributed by atoms with E-state index in [2.05, 4.69) is 5.32 Å². The number of rotatable bonds is 6. The van der Waals surface area contributed by atoms with Crippen LogP contribution >= 0.6 is 11.8 Å². The number of alkyl halides is 3. The van der Waals surface area contributed by atoms with E-state index in [0.717, 1.165) is 18.9 Å². The van der Waals surface area contributed by atoms with E-state index < -0.39 is 5.51 Å². The van der Waals surface area contributed by atoms with E-state index in [1.54, 1.807) is 0 Å². The second kappa shape index (κ2) is 5.10. The Hall–Kier alpha value is 0.1000. The van der Waals surface area contributed by atoms with E-state index in [4.69, 9.17) is 0 Å². The van der Waals surface area contributed by atoms with Crippen LogP contribution in [-0.4, -0.2) is 24.4 Å². The van der Waals surface area contributed by atoms with Gasteiger partial charge in [-0.2, -0.15) is 13.2 Å². The first kappa shape index (κ1) is 11.2. The molecule has 5 heteroatoms. The van der Waals surface area contributed by atoms with Gasteiger partial charge in [-0.3, -0.25) is 0 Å². The quantitative estimate of drug-likeness (QED) is 0.681. The number of thioether (sulfide) groups is 1. The summed E-state index contributed by atoms with van der Waals surface area (Å²) in [7, 11) is 0. The Morgan fingerprint density at radius 1 is 1.23 bits per heavy atom. The van der Waals surface area contributed by atoms with Crippen molar-refractivity contribution in [1.29, 1.82) is 0 Å². The second-order valence-corrected chi connectivity index (χ2v) is 4.44. The molecule has 0 radical (unpaired) electrons. The Bertz CT molecular complexity index is 145. The van der Waals surface area contributed by atoms with Gasteiger partial charge < -0.3 is 5.32 Å². The summed E-state index contributed by atoms with van der Waals surface area (Å²) in [5.74, 6) is 0.969. The van der Waals surface area contributed by atoms with E-state index in [1.165, 1.54) is 12.8 Å². The highest BCUT2D eigenvalue weighted by Crippen LogP contribution is 2.32. The number of hydrogen-bond acceptors (Lipinski definition) is 2. The molecule has 1 nitrogen and oxygen atoms in total. The standard InChI is InChI=1S/C8H14F3NS/c9-8(10,11)13-6-5-12-4-3-7-1-2-7/h7,12H,1-6H2. The molecule has 0 amide bonds. The van der Waals surface area contributed by atoms with Gasteiger partial charge in [-0.1, -0.05) is 12.8 Å². The van der Waals surface area contributed by atoms with Crippen molar-refractivity contribution < 1.29 is 13.2 Å². The normalized spacial score (nSPS) is 17.8. The van der Waals surface area contributed by atoms with Crippen molar-refractivity contribution in [3.8, 4) is 0 Å². The summed E-state index contributed by atoms with van der Waals surface area (Å²) in [4.78, 5) is 0. The van der Waals surface area contributed by atoms with Crippen LogP contribution in [0.25, 0.3) is 0 Å². The van der Waals surface area contributed by atoms with E-state index >= 15 is 0 Å². The van der Waals surface area contributed by atoms with E-state index in [0.29, 0.717) is 6.54 Å². The fourth-order valence-corrected chi connectivity index (χ4v) is 1.55. The third kappa shape index (κ3) is 7.19. The van der Waals surface area contributed by atoms with Gasteiger partial charge in [0.1, 0.15) is 0 Å². The average Bonchev–Trinajstić information content (AvgIpc) is 2.77. The summed E-state index contributed by atoms with van der Waals surface area (Å²) in [6.07, 6.45) is 3.73. The van der Waals surface area contributed by atoms with Crippen molar-refractivity contribution in [2.24, 2.45) is 5.92 Å². The van der Waals surface area contributed by atoms with Gasteiger partial charge in [0, 0.05) is 12.3 Å². The van der Waals surface area contributed by atoms with Crippen molar-refractivity contribution in [3.63, 3.8) is 0 Å². The Morgan fingerprint density at radius 3 is 2.46 bits per heavy atom. The van der Waals surface area contributed by atoms with Crippen molar-refractivity contribution in [2.75, 3.05) is 18.8 Å². The Labute approximate surface area is 80.5 Å². The first-order valence-electron chi connectivity index (χ1n) is 4.49. The first-order valence-corrected chi connectivity index (χ1v) is 5.48. The minimum absolute atomic E-state index is 0.0455. The lowest BCUT2D eigenvalue weighted by atomic mass is 10.3. The maximum atomic E-state index is 11.6. The molecule has 13 heavy (non-hydrogen) atoms. The Balaban J connectivity index is 1.78. The van der Waals surface area contributed by atoms with Crippen molar-refractivity contribution >= 4 is 11.8 Å². The Kier molecular flexibility index (Phi) is 4.38. The van der Waals surface area contributed by atoms with Crippen molar-refractivity contribution in [1.82, 2.24) is 5.32 Å². The molecule has 1 rings (SSSR count). The van der Waals surface area contributed by atoms with Crippen LogP contribution in [0.1, 0.15) is 19.3 Å². The van der Waals surface area contributed by atoms with E-state index in [1.807, 2.05) is 0 Å². The van der Waals surface area contributed by atoms with Gasteiger partial charge in [0.05, 0.1) is 0 Å². The lowest BCUT2D eigenvalue weighted by Crippen LogP contribution is -2.20. The van der Waals surface area contributed by atoms with Gasteiger partial charge in [0.2, 0.25) is 0 Å². The zero-order valence-electron chi connectivity index (χ0n) is 7.36. The SMILES string of the molecule is FC(F)(F)SCCNCCC1CC1. The minimum Gasteiger partial charge on any atom is -0.316 e. The smallest absolute Gasteiger partial charge is 0.316 e. The molecule has 0 aromatic rings. The van der Waals surface area contributed by atoms with Crippen LogP contribution in [0.4, 0.5) is 13.2 Å². The maximum absolute atomic E-state index is 11.6. The number of nitrogens with one attached hydrogen (secondary N) is 1. The van der Waals surface area contributed by atoms with E-state index in [9.17, 15) is 13.2 Å². The summed E-state index contributed by atoms with van der Waals surface area (Å²) in [5, 5.41) is 3.01. The summed E-state index contributed by atoms with van der Waals surface area (Å²) < 4.78 is 34.9. The molecular formula is C8H14F3NS. The molecule has 0 aromatic heterocycles. The second-order valence-electron chi connectivity index (χ2n) is 3.28. The average molecular weight is 213 g/mol. The molecule has 78 valence electrons. The van der Waals surface area contributed by atoms with Gasteiger partial charge in [-0.25, -0.2) is 0 Å². The summed E-state index contributed by atoms with van der Waals surface area (Å²) in [6.45, 7) is 1.32. The molecule has 0 saturated heterocycles. The minimum atomic E-state index is -4.07. The van der Waals surface area contributed by atoms with Crippen molar-refractivity contribution in [3.05, 3.63) is 0 Å². The van der Waals surface area contributed by atoms with Crippen molar-refractivity contribution in [2.45, 2.75) is 24.8 Å². The first-order chi connectivity index (χ1) is 6.08. The van der Waals surface area contributed by atoms with Gasteiger partial charge in [-0.15, -0.1) is 0 Å². The van der Waals surface area contributed by atoms with E-state index in [-0.39, 0.29) is 17.5 Å². The molecule has 1 saturated carbocycles. The molecule has 0 atom stereocenters. The molecule has 0 unspecified atom stereocenters. The van der Waals surface area contributed by atoms with Crippen LogP contribution in [0, 0.1) is 5.92 Å². The van der Waals surface area contributed by atoms with Crippen LogP contribution in [0.2, 0.25) is 0 Å². The number of hydrogen-bond donors (Lipinski definition) is 1. The predicted octanol–water partition coefficient (Wildman–Crippen LogP) is 2.63.